The number of carbonyl (C=O) groups is 1. The van der Waals surface area contributed by atoms with E-state index < -0.39 is 31.4 Å². The average molecular weight is 532 g/mol. The Hall–Kier alpha value is -2.60. The predicted molar refractivity (Wildman–Crippen MR) is 117 cm³/mol. The van der Waals surface area contributed by atoms with Gasteiger partial charge in [-0.15, -0.1) is 0 Å². The van der Waals surface area contributed by atoms with Crippen LogP contribution >= 0.6 is 0 Å². The van der Waals surface area contributed by atoms with Crippen molar-refractivity contribution in [1.29, 1.82) is 0 Å². The number of nitro benzene ring substituents is 1. The van der Waals surface area contributed by atoms with Crippen LogP contribution in [-0.4, -0.2) is 40.0 Å². The zero-order valence-electron chi connectivity index (χ0n) is 17.4. The molecular formula is C20H15CrN3NaO8S+. The molecule has 5 N–H and O–H groups in total. The molecule has 0 aromatic heterocycles. The number of nitro groups is 1. The first-order valence-electron chi connectivity index (χ1n) is 8.74. The zero-order valence-corrected chi connectivity index (χ0v) is 21.5. The standard InChI is InChI=1S/C20H13N3O7S.Cr.Na.H2O/c24-16-8-5-11-3-1-2-4-13(11)19(16)21-22-20-14-7-6-12(23(26)27)9-15(14)18(10-17(20)25)31(28,29)30;;;/h1-10,21,24H,(H,28,29,30);;;1H2/q;;+1;/b22-20-;;;. The smallest absolute Gasteiger partial charge is 0.506 e. The molecule has 3 aromatic carbocycles. The second-order valence-electron chi connectivity index (χ2n) is 6.59. The Balaban J connectivity index is 0.00000193. The van der Waals surface area contributed by atoms with Crippen LogP contribution in [0.15, 0.2) is 65.8 Å². The molecule has 4 rings (SSSR count). The number of aromatic hydroxyl groups is 1. The fourth-order valence-electron chi connectivity index (χ4n) is 3.27. The molecule has 0 radical (unpaired) electrons. The topological polar surface area (TPSA) is 191 Å². The summed E-state index contributed by atoms with van der Waals surface area (Å²) in [7, 11) is -4.84. The van der Waals surface area contributed by atoms with Gasteiger partial charge in [-0.25, -0.2) is 0 Å². The number of allylic oxidation sites excluding steroid dienone is 1. The minimum absolute atomic E-state index is 0. The zero-order chi connectivity index (χ0) is 22.3. The number of ketones is 1. The third-order valence-electron chi connectivity index (χ3n) is 4.69. The normalized spacial score (nSPS) is 13.6. The molecule has 1 aliphatic rings. The number of rotatable bonds is 4. The molecule has 170 valence electrons. The van der Waals surface area contributed by atoms with Gasteiger partial charge < -0.3 is 10.6 Å². The van der Waals surface area contributed by atoms with Gasteiger partial charge in [0.1, 0.15) is 22.1 Å². The number of hydrogen-bond donors (Lipinski definition) is 3. The number of phenolic OH excluding ortho intramolecular Hbond substituents is 1. The van der Waals surface area contributed by atoms with Crippen LogP contribution in [0.2, 0.25) is 0 Å². The van der Waals surface area contributed by atoms with Gasteiger partial charge in [0.15, 0.2) is 0 Å². The van der Waals surface area contributed by atoms with Gasteiger partial charge >= 0.3 is 29.6 Å². The van der Waals surface area contributed by atoms with E-state index in [0.717, 1.165) is 17.5 Å². The maximum atomic E-state index is 12.6. The molecule has 0 heterocycles. The fourth-order valence-corrected chi connectivity index (χ4v) is 3.97. The van der Waals surface area contributed by atoms with Crippen molar-refractivity contribution < 1.29 is 80.2 Å². The van der Waals surface area contributed by atoms with Gasteiger partial charge in [0.2, 0.25) is 5.78 Å². The molecule has 0 atom stereocenters. The van der Waals surface area contributed by atoms with Crippen molar-refractivity contribution in [3.8, 4) is 5.75 Å². The Labute approximate surface area is 225 Å². The second kappa shape index (κ2) is 11.2. The Morgan fingerprint density at radius 3 is 2.35 bits per heavy atom. The number of phenols is 1. The molecule has 0 amide bonds. The van der Waals surface area contributed by atoms with Gasteiger partial charge in [0.25, 0.3) is 15.8 Å². The molecule has 0 saturated heterocycles. The quantitative estimate of drug-likeness (QED) is 0.129. The van der Waals surface area contributed by atoms with Gasteiger partial charge in [0.05, 0.1) is 4.92 Å². The fraction of sp³-hybridized carbons (Fsp3) is 0. The van der Waals surface area contributed by atoms with Gasteiger partial charge in [-0.3, -0.25) is 24.9 Å². The van der Waals surface area contributed by atoms with Crippen molar-refractivity contribution in [3.05, 3.63) is 81.9 Å². The molecule has 0 bridgehead atoms. The van der Waals surface area contributed by atoms with Gasteiger partial charge in [0, 0.05) is 52.1 Å². The monoisotopic (exact) mass is 532 g/mol. The number of hydrogen-bond acceptors (Lipinski definition) is 8. The minimum Gasteiger partial charge on any atom is -0.506 e. The summed E-state index contributed by atoms with van der Waals surface area (Å²) in [4.78, 5) is 22.2. The Bertz CT molecular complexity index is 1460. The number of non-ortho nitro benzene ring substituents is 1. The molecule has 0 aliphatic heterocycles. The number of carbonyl (C=O) groups excluding carboxylic acids is 1. The van der Waals surface area contributed by atoms with Crippen LogP contribution in [0.4, 0.5) is 11.4 Å². The van der Waals surface area contributed by atoms with Crippen molar-refractivity contribution in [2.75, 3.05) is 5.43 Å². The van der Waals surface area contributed by atoms with Crippen LogP contribution in [0.1, 0.15) is 11.1 Å². The van der Waals surface area contributed by atoms with Crippen LogP contribution in [0.5, 0.6) is 5.75 Å². The summed E-state index contributed by atoms with van der Waals surface area (Å²) in [6, 6.07) is 13.4. The number of nitrogens with one attached hydrogen (secondary N) is 1. The van der Waals surface area contributed by atoms with E-state index in [2.05, 4.69) is 10.5 Å². The number of benzene rings is 3. The number of fused-ring (bicyclic) bond motifs is 2. The SMILES string of the molecule is O.O=C1C=C(S(=O)(=O)O)c2cc([N+](=O)[O-])ccc2/C1=N/Nc1c(O)ccc2ccccc12.[Cr].[Na+]. The molecule has 14 heteroatoms. The number of nitrogens with zero attached hydrogens (tertiary/aromatic N) is 2. The van der Waals surface area contributed by atoms with E-state index in [1.807, 2.05) is 12.1 Å². The van der Waals surface area contributed by atoms with E-state index in [1.54, 1.807) is 18.2 Å². The number of anilines is 1. The molecule has 0 unspecified atom stereocenters. The Kier molecular flexibility index (Phi) is 9.71. The second-order valence-corrected chi connectivity index (χ2v) is 7.98. The Morgan fingerprint density at radius 2 is 1.71 bits per heavy atom. The molecule has 11 nitrogen and oxygen atoms in total. The maximum absolute atomic E-state index is 12.6. The van der Waals surface area contributed by atoms with E-state index >= 15 is 0 Å². The van der Waals surface area contributed by atoms with E-state index in [9.17, 15) is 33.0 Å². The van der Waals surface area contributed by atoms with Crippen LogP contribution in [0.3, 0.4) is 0 Å². The summed E-state index contributed by atoms with van der Waals surface area (Å²) in [6.07, 6.45) is 0.644. The molecule has 0 fully saturated rings. The van der Waals surface area contributed by atoms with Crippen molar-refractivity contribution in [3.63, 3.8) is 0 Å². The van der Waals surface area contributed by atoms with Crippen molar-refractivity contribution in [2.45, 2.75) is 0 Å². The first-order valence-corrected chi connectivity index (χ1v) is 10.2. The molecule has 3 aromatic rings. The van der Waals surface area contributed by atoms with Gasteiger partial charge in [-0.05, 0) is 17.5 Å². The molecule has 34 heavy (non-hydrogen) atoms. The summed E-state index contributed by atoms with van der Waals surface area (Å²) in [6.45, 7) is 0. The van der Waals surface area contributed by atoms with Crippen LogP contribution in [-0.2, 0) is 32.3 Å². The van der Waals surface area contributed by atoms with Gasteiger partial charge in [-0.2, -0.15) is 13.5 Å². The largest absolute Gasteiger partial charge is 1.00 e. The predicted octanol–water partition coefficient (Wildman–Crippen LogP) is -0.742. The van der Waals surface area contributed by atoms with E-state index in [4.69, 9.17) is 0 Å². The summed E-state index contributed by atoms with van der Waals surface area (Å²) in [5.74, 6) is -0.981. The minimum atomic E-state index is -4.84. The summed E-state index contributed by atoms with van der Waals surface area (Å²) < 4.78 is 32.9. The van der Waals surface area contributed by atoms with Crippen molar-refractivity contribution >= 4 is 48.7 Å². The van der Waals surface area contributed by atoms with E-state index in [-0.39, 0.29) is 80.7 Å². The summed E-state index contributed by atoms with van der Waals surface area (Å²) in [5, 5.41) is 26.8. The Morgan fingerprint density at radius 1 is 1.03 bits per heavy atom. The summed E-state index contributed by atoms with van der Waals surface area (Å²) in [5.41, 5.74) is 1.90. The van der Waals surface area contributed by atoms with Crippen LogP contribution < -0.4 is 35.0 Å². The van der Waals surface area contributed by atoms with E-state index in [0.29, 0.717) is 11.5 Å². The molecule has 1 aliphatic carbocycles. The molecule has 0 saturated carbocycles. The first kappa shape index (κ1) is 29.4. The van der Waals surface area contributed by atoms with Crippen molar-refractivity contribution in [1.82, 2.24) is 0 Å². The van der Waals surface area contributed by atoms with Crippen molar-refractivity contribution in [2.24, 2.45) is 5.10 Å². The number of hydrazone groups is 1. The molecular weight excluding hydrogens is 517 g/mol. The van der Waals surface area contributed by atoms with E-state index in [1.165, 1.54) is 12.1 Å². The van der Waals surface area contributed by atoms with Crippen LogP contribution in [0, 0.1) is 10.1 Å². The average Bonchev–Trinajstić information content (AvgIpc) is 2.72. The maximum Gasteiger partial charge on any atom is 1.00 e. The van der Waals surface area contributed by atoms with Crippen LogP contribution in [0.25, 0.3) is 15.7 Å². The first-order chi connectivity index (χ1) is 14.7. The third kappa shape index (κ3) is 5.55. The molecule has 0 spiro atoms. The third-order valence-corrected chi connectivity index (χ3v) is 5.59. The van der Waals surface area contributed by atoms with Gasteiger partial charge in [-0.1, -0.05) is 30.3 Å². The summed E-state index contributed by atoms with van der Waals surface area (Å²) >= 11 is 0.